The van der Waals surface area contributed by atoms with Crippen molar-refractivity contribution in [3.05, 3.63) is 35.4 Å². The van der Waals surface area contributed by atoms with E-state index in [9.17, 15) is 9.59 Å². The summed E-state index contributed by atoms with van der Waals surface area (Å²) in [5.41, 5.74) is 1.90. The third-order valence-electron chi connectivity index (χ3n) is 4.51. The van der Waals surface area contributed by atoms with Crippen LogP contribution in [0.5, 0.6) is 0 Å². The van der Waals surface area contributed by atoms with Crippen LogP contribution >= 0.6 is 11.8 Å². The molecule has 2 unspecified atom stereocenters. The zero-order chi connectivity index (χ0) is 19.1. The van der Waals surface area contributed by atoms with Gasteiger partial charge in [0.1, 0.15) is 6.04 Å². The van der Waals surface area contributed by atoms with Crippen molar-refractivity contribution in [1.29, 1.82) is 0 Å². The summed E-state index contributed by atoms with van der Waals surface area (Å²) >= 11 is 1.68. The fourth-order valence-electron chi connectivity index (χ4n) is 3.14. The third-order valence-corrected chi connectivity index (χ3v) is 5.86. The molecule has 0 saturated carbocycles. The Bertz CT molecular complexity index is 600. The summed E-state index contributed by atoms with van der Waals surface area (Å²) in [6, 6.07) is 7.35. The Morgan fingerprint density at radius 3 is 2.46 bits per heavy atom. The number of hydrogen-bond acceptors (Lipinski definition) is 4. The summed E-state index contributed by atoms with van der Waals surface area (Å²) in [5.74, 6) is 0.247. The first kappa shape index (κ1) is 20.8. The van der Waals surface area contributed by atoms with E-state index in [-0.39, 0.29) is 23.4 Å². The average Bonchev–Trinajstić information content (AvgIpc) is 3.03. The van der Waals surface area contributed by atoms with Crippen molar-refractivity contribution in [3.63, 3.8) is 0 Å². The van der Waals surface area contributed by atoms with Gasteiger partial charge in [-0.1, -0.05) is 38.8 Å². The molecule has 1 aliphatic rings. The van der Waals surface area contributed by atoms with Crippen LogP contribution in [-0.4, -0.2) is 40.0 Å². The van der Waals surface area contributed by atoms with Crippen LogP contribution < -0.4 is 0 Å². The largest absolute Gasteiger partial charge is 0.461 e. The fourth-order valence-corrected chi connectivity index (χ4v) is 4.65. The van der Waals surface area contributed by atoms with Gasteiger partial charge in [-0.15, -0.1) is 11.8 Å². The van der Waals surface area contributed by atoms with E-state index in [0.717, 1.165) is 32.1 Å². The van der Waals surface area contributed by atoms with E-state index in [0.29, 0.717) is 11.3 Å². The minimum Gasteiger partial charge on any atom is -0.461 e. The van der Waals surface area contributed by atoms with E-state index in [2.05, 4.69) is 13.8 Å². The van der Waals surface area contributed by atoms with Crippen molar-refractivity contribution in [3.8, 4) is 0 Å². The Labute approximate surface area is 161 Å². The van der Waals surface area contributed by atoms with Gasteiger partial charge in [0.25, 0.3) is 5.91 Å². The van der Waals surface area contributed by atoms with E-state index in [1.165, 1.54) is 5.56 Å². The molecule has 1 saturated heterocycles. The van der Waals surface area contributed by atoms with E-state index in [1.54, 1.807) is 16.7 Å². The first-order chi connectivity index (χ1) is 12.5. The van der Waals surface area contributed by atoms with Gasteiger partial charge >= 0.3 is 5.97 Å². The van der Waals surface area contributed by atoms with Crippen LogP contribution in [0.4, 0.5) is 0 Å². The molecule has 1 heterocycles. The van der Waals surface area contributed by atoms with Crippen LogP contribution in [0.1, 0.15) is 69.3 Å². The minimum absolute atomic E-state index is 0.0389. The monoisotopic (exact) mass is 377 g/mol. The summed E-state index contributed by atoms with van der Waals surface area (Å²) in [7, 11) is 0. The summed E-state index contributed by atoms with van der Waals surface area (Å²) < 4.78 is 5.39. The lowest BCUT2D eigenvalue weighted by molar-refractivity contribution is -0.151. The first-order valence-corrected chi connectivity index (χ1v) is 10.8. The highest BCUT2D eigenvalue weighted by Crippen LogP contribution is 2.34. The Balaban J connectivity index is 2.18. The number of hydrogen-bond donors (Lipinski definition) is 0. The van der Waals surface area contributed by atoms with Crippen LogP contribution in [0.3, 0.4) is 0 Å². The Hall–Kier alpha value is -1.49. The second-order valence-corrected chi connectivity index (χ2v) is 8.30. The zero-order valence-electron chi connectivity index (χ0n) is 16.4. The molecule has 0 N–H and O–H groups in total. The number of ether oxygens (including phenoxy) is 1. The predicted octanol–water partition coefficient (Wildman–Crippen LogP) is 4.66. The topological polar surface area (TPSA) is 46.6 Å². The zero-order valence-corrected chi connectivity index (χ0v) is 17.2. The van der Waals surface area contributed by atoms with Gasteiger partial charge in [-0.05, 0) is 50.8 Å². The molecule has 1 aliphatic heterocycles. The summed E-state index contributed by atoms with van der Waals surface area (Å²) in [6.45, 7) is 7.95. The Morgan fingerprint density at radius 2 is 1.88 bits per heavy atom. The van der Waals surface area contributed by atoms with Crippen LogP contribution in [0.15, 0.2) is 24.3 Å². The van der Waals surface area contributed by atoms with Crippen molar-refractivity contribution < 1.29 is 14.3 Å². The van der Waals surface area contributed by atoms with E-state index < -0.39 is 6.04 Å². The van der Waals surface area contributed by atoms with E-state index in [1.807, 2.05) is 38.1 Å². The van der Waals surface area contributed by atoms with Crippen LogP contribution in [-0.2, 0) is 16.0 Å². The molecule has 144 valence electrons. The second-order valence-electron chi connectivity index (χ2n) is 7.09. The van der Waals surface area contributed by atoms with Gasteiger partial charge in [-0.3, -0.25) is 4.79 Å². The number of nitrogens with zero attached hydrogens (tertiary/aromatic N) is 1. The number of thioether (sulfide) groups is 1. The fraction of sp³-hybridized carbons (Fsp3) is 0.619. The normalized spacial score (nSPS) is 19.8. The molecular formula is C21H31NO3S. The van der Waals surface area contributed by atoms with Gasteiger partial charge < -0.3 is 9.64 Å². The maximum Gasteiger partial charge on any atom is 0.330 e. The van der Waals surface area contributed by atoms with Crippen LogP contribution in [0.25, 0.3) is 0 Å². The highest BCUT2D eigenvalue weighted by atomic mass is 32.2. The summed E-state index contributed by atoms with van der Waals surface area (Å²) in [5, 5.41) is 0.0389. The van der Waals surface area contributed by atoms with Gasteiger partial charge in [0.2, 0.25) is 0 Å². The highest BCUT2D eigenvalue weighted by Gasteiger charge is 2.42. The number of aryl methyl sites for hydroxylation is 1. The SMILES string of the molecule is CCCCc1ccc(C(=O)N2C(CCC)SCC2C(=O)OC(C)C)cc1. The van der Waals surface area contributed by atoms with Gasteiger partial charge in [0.05, 0.1) is 11.5 Å². The van der Waals surface area contributed by atoms with Crippen LogP contribution in [0.2, 0.25) is 0 Å². The molecule has 0 radical (unpaired) electrons. The summed E-state index contributed by atoms with van der Waals surface area (Å²) in [4.78, 5) is 27.4. The molecule has 0 aromatic heterocycles. The number of esters is 1. The quantitative estimate of drug-likeness (QED) is 0.618. The molecule has 2 rings (SSSR count). The lowest BCUT2D eigenvalue weighted by Crippen LogP contribution is -2.46. The number of rotatable bonds is 8. The standard InChI is InChI=1S/C21H31NO3S/c1-5-7-9-16-10-12-17(13-11-16)20(23)22-18(21(24)25-15(3)4)14-26-19(22)8-6-2/h10-13,15,18-19H,5-9,14H2,1-4H3. The average molecular weight is 378 g/mol. The van der Waals surface area contributed by atoms with Gasteiger partial charge in [-0.25, -0.2) is 4.79 Å². The Kier molecular flexibility index (Phi) is 8.01. The van der Waals surface area contributed by atoms with Crippen molar-refractivity contribution in [1.82, 2.24) is 4.90 Å². The van der Waals surface area contributed by atoms with Crippen molar-refractivity contribution in [2.45, 2.75) is 77.3 Å². The van der Waals surface area contributed by atoms with E-state index in [4.69, 9.17) is 4.74 Å². The van der Waals surface area contributed by atoms with Gasteiger partial charge in [0.15, 0.2) is 0 Å². The van der Waals surface area contributed by atoms with Crippen molar-refractivity contribution in [2.75, 3.05) is 5.75 Å². The molecule has 1 fully saturated rings. The molecule has 5 heteroatoms. The van der Waals surface area contributed by atoms with E-state index >= 15 is 0 Å². The molecule has 0 aliphatic carbocycles. The predicted molar refractivity (Wildman–Crippen MR) is 107 cm³/mol. The molecule has 2 atom stereocenters. The smallest absolute Gasteiger partial charge is 0.330 e. The molecule has 0 spiro atoms. The number of amides is 1. The molecule has 26 heavy (non-hydrogen) atoms. The maximum atomic E-state index is 13.2. The molecule has 1 amide bonds. The highest BCUT2D eigenvalue weighted by molar-refractivity contribution is 8.00. The molecule has 1 aromatic rings. The lowest BCUT2D eigenvalue weighted by Gasteiger charge is -2.28. The van der Waals surface area contributed by atoms with Crippen molar-refractivity contribution >= 4 is 23.6 Å². The van der Waals surface area contributed by atoms with Gasteiger partial charge in [0, 0.05) is 11.3 Å². The lowest BCUT2D eigenvalue weighted by atomic mass is 10.1. The van der Waals surface area contributed by atoms with Crippen molar-refractivity contribution in [2.24, 2.45) is 0 Å². The summed E-state index contributed by atoms with van der Waals surface area (Å²) in [6.07, 6.45) is 5.03. The minimum atomic E-state index is -0.494. The number of benzene rings is 1. The number of carbonyl (C=O) groups excluding carboxylic acids is 2. The van der Waals surface area contributed by atoms with Gasteiger partial charge in [-0.2, -0.15) is 0 Å². The first-order valence-electron chi connectivity index (χ1n) is 9.71. The van der Waals surface area contributed by atoms with Crippen LogP contribution in [0, 0.1) is 0 Å². The maximum absolute atomic E-state index is 13.2. The molecule has 4 nitrogen and oxygen atoms in total. The molecule has 0 bridgehead atoms. The number of carbonyl (C=O) groups is 2. The molecule has 1 aromatic carbocycles. The second kappa shape index (κ2) is 10.0. The molecular weight excluding hydrogens is 346 g/mol. The third kappa shape index (κ3) is 5.26. The Morgan fingerprint density at radius 1 is 1.19 bits per heavy atom. The number of unbranched alkanes of at least 4 members (excludes halogenated alkanes) is 1.